The lowest BCUT2D eigenvalue weighted by atomic mass is 10.1. The fourth-order valence-corrected chi connectivity index (χ4v) is 1.91. The zero-order valence-corrected chi connectivity index (χ0v) is 12.1. The number of alkyl halides is 2. The summed E-state index contributed by atoms with van der Waals surface area (Å²) in [6.07, 6.45) is 0. The number of anilines is 1. The highest BCUT2D eigenvalue weighted by molar-refractivity contribution is 6.05. The second-order valence-electron chi connectivity index (χ2n) is 4.51. The Morgan fingerprint density at radius 1 is 1.14 bits per heavy atom. The third-order valence-electron chi connectivity index (χ3n) is 3.04. The number of nitrogens with one attached hydrogen (secondary N) is 1. The molecule has 2 aromatic rings. The number of methoxy groups -OCH3 is 1. The van der Waals surface area contributed by atoms with Crippen molar-refractivity contribution in [3.8, 4) is 11.5 Å². The first-order valence-electron chi connectivity index (χ1n) is 6.51. The van der Waals surface area contributed by atoms with E-state index in [9.17, 15) is 13.6 Å². The number of carbonyl (C=O) groups excluding carboxylic acids is 1. The summed E-state index contributed by atoms with van der Waals surface area (Å²) in [7, 11) is 1.33. The summed E-state index contributed by atoms with van der Waals surface area (Å²) in [4.78, 5) is 12.2. The molecule has 1 amide bonds. The molecule has 116 valence electrons. The van der Waals surface area contributed by atoms with Gasteiger partial charge in [0.25, 0.3) is 5.91 Å². The Hall–Kier alpha value is -2.63. The summed E-state index contributed by atoms with van der Waals surface area (Å²) in [5.41, 5.74) is 1.74. The van der Waals surface area contributed by atoms with E-state index in [1.807, 2.05) is 19.1 Å². The average molecular weight is 307 g/mol. The van der Waals surface area contributed by atoms with Crippen LogP contribution in [-0.4, -0.2) is 19.6 Å². The van der Waals surface area contributed by atoms with Gasteiger partial charge in [-0.15, -0.1) is 0 Å². The minimum Gasteiger partial charge on any atom is -0.493 e. The van der Waals surface area contributed by atoms with E-state index in [0.717, 1.165) is 5.56 Å². The highest BCUT2D eigenvalue weighted by atomic mass is 19.3. The minimum atomic E-state index is -3.00. The fourth-order valence-electron chi connectivity index (χ4n) is 1.91. The van der Waals surface area contributed by atoms with Gasteiger partial charge in [-0.25, -0.2) is 0 Å². The first-order valence-corrected chi connectivity index (χ1v) is 6.51. The molecule has 1 N–H and O–H groups in total. The lowest BCUT2D eigenvalue weighted by Crippen LogP contribution is -2.13. The van der Waals surface area contributed by atoms with Crippen LogP contribution < -0.4 is 14.8 Å². The van der Waals surface area contributed by atoms with Crippen LogP contribution in [0.3, 0.4) is 0 Å². The number of hydrogen-bond acceptors (Lipinski definition) is 3. The van der Waals surface area contributed by atoms with Crippen LogP contribution in [0, 0.1) is 6.92 Å². The van der Waals surface area contributed by atoms with Crippen molar-refractivity contribution >= 4 is 11.6 Å². The van der Waals surface area contributed by atoms with Gasteiger partial charge in [0.15, 0.2) is 11.5 Å². The number of amides is 1. The van der Waals surface area contributed by atoms with E-state index in [1.54, 1.807) is 12.1 Å². The number of benzene rings is 2. The third-order valence-corrected chi connectivity index (χ3v) is 3.04. The van der Waals surface area contributed by atoms with E-state index in [0.29, 0.717) is 5.69 Å². The number of rotatable bonds is 5. The molecule has 0 bridgehead atoms. The normalized spacial score (nSPS) is 10.4. The van der Waals surface area contributed by atoms with Gasteiger partial charge >= 0.3 is 6.61 Å². The van der Waals surface area contributed by atoms with Gasteiger partial charge in [-0.05, 0) is 36.8 Å². The van der Waals surface area contributed by atoms with Gasteiger partial charge in [0.05, 0.1) is 7.11 Å². The van der Waals surface area contributed by atoms with Gasteiger partial charge < -0.3 is 14.8 Å². The fraction of sp³-hybridized carbons (Fsp3) is 0.188. The van der Waals surface area contributed by atoms with Crippen molar-refractivity contribution in [3.63, 3.8) is 0 Å². The SMILES string of the molecule is COc1ccc(C(=O)Nc2ccccc2C)cc1OC(F)F. The molecule has 0 aliphatic carbocycles. The summed E-state index contributed by atoms with van der Waals surface area (Å²) in [6, 6.07) is 11.4. The van der Waals surface area contributed by atoms with Gasteiger partial charge in [-0.1, -0.05) is 18.2 Å². The number of ether oxygens (including phenoxy) is 2. The Morgan fingerprint density at radius 3 is 2.50 bits per heavy atom. The maximum Gasteiger partial charge on any atom is 0.387 e. The molecule has 0 saturated heterocycles. The van der Waals surface area contributed by atoms with E-state index >= 15 is 0 Å². The Kier molecular flexibility index (Phi) is 4.93. The van der Waals surface area contributed by atoms with E-state index in [-0.39, 0.29) is 17.1 Å². The molecule has 4 nitrogen and oxygen atoms in total. The molecule has 2 rings (SSSR count). The molecule has 0 heterocycles. The molecule has 0 fully saturated rings. The van der Waals surface area contributed by atoms with Crippen LogP contribution in [0.5, 0.6) is 11.5 Å². The van der Waals surface area contributed by atoms with E-state index in [4.69, 9.17) is 4.74 Å². The monoisotopic (exact) mass is 307 g/mol. The number of aryl methyl sites for hydroxylation is 1. The van der Waals surface area contributed by atoms with Crippen molar-refractivity contribution in [2.45, 2.75) is 13.5 Å². The van der Waals surface area contributed by atoms with Crippen LogP contribution in [0.25, 0.3) is 0 Å². The molecule has 0 aromatic heterocycles. The molecule has 0 saturated carbocycles. The van der Waals surface area contributed by atoms with Crippen LogP contribution in [0.1, 0.15) is 15.9 Å². The first-order chi connectivity index (χ1) is 10.5. The van der Waals surface area contributed by atoms with Crippen LogP contribution in [0.2, 0.25) is 0 Å². The predicted molar refractivity (Wildman–Crippen MR) is 78.8 cm³/mol. The van der Waals surface area contributed by atoms with Gasteiger partial charge in [0, 0.05) is 11.3 Å². The van der Waals surface area contributed by atoms with Crippen molar-refractivity contribution in [2.24, 2.45) is 0 Å². The maximum absolute atomic E-state index is 12.4. The van der Waals surface area contributed by atoms with Gasteiger partial charge in [0.2, 0.25) is 0 Å². The van der Waals surface area contributed by atoms with E-state index < -0.39 is 12.5 Å². The number of halogens is 2. The molecular weight excluding hydrogens is 292 g/mol. The van der Waals surface area contributed by atoms with E-state index in [1.165, 1.54) is 25.3 Å². The third kappa shape index (κ3) is 3.72. The van der Waals surface area contributed by atoms with E-state index in [2.05, 4.69) is 10.1 Å². The lowest BCUT2D eigenvalue weighted by molar-refractivity contribution is -0.0512. The molecule has 0 unspecified atom stereocenters. The lowest BCUT2D eigenvalue weighted by Gasteiger charge is -2.12. The summed E-state index contributed by atoms with van der Waals surface area (Å²) < 4.78 is 34.1. The second kappa shape index (κ2) is 6.89. The predicted octanol–water partition coefficient (Wildman–Crippen LogP) is 3.86. The quantitative estimate of drug-likeness (QED) is 0.912. The van der Waals surface area contributed by atoms with Gasteiger partial charge in [-0.2, -0.15) is 8.78 Å². The summed E-state index contributed by atoms with van der Waals surface area (Å²) in [5, 5.41) is 2.72. The second-order valence-corrected chi connectivity index (χ2v) is 4.51. The largest absolute Gasteiger partial charge is 0.493 e. The smallest absolute Gasteiger partial charge is 0.387 e. The Bertz CT molecular complexity index is 674. The van der Waals surface area contributed by atoms with Crippen molar-refractivity contribution < 1.29 is 23.0 Å². The topological polar surface area (TPSA) is 47.6 Å². The number of carbonyl (C=O) groups is 1. The summed E-state index contributed by atoms with van der Waals surface area (Å²) >= 11 is 0. The molecular formula is C16H15F2NO3. The summed E-state index contributed by atoms with van der Waals surface area (Å²) in [6.45, 7) is -1.14. The highest BCUT2D eigenvalue weighted by Crippen LogP contribution is 2.29. The molecule has 0 aliphatic rings. The molecule has 2 aromatic carbocycles. The van der Waals surface area contributed by atoms with Gasteiger partial charge in [-0.3, -0.25) is 4.79 Å². The highest BCUT2D eigenvalue weighted by Gasteiger charge is 2.15. The zero-order valence-electron chi connectivity index (χ0n) is 12.1. The number of para-hydroxylation sites is 1. The van der Waals surface area contributed by atoms with Crippen molar-refractivity contribution in [1.29, 1.82) is 0 Å². The molecule has 22 heavy (non-hydrogen) atoms. The molecule has 0 spiro atoms. The first kappa shape index (κ1) is 15.8. The molecule has 0 aliphatic heterocycles. The number of hydrogen-bond donors (Lipinski definition) is 1. The van der Waals surface area contributed by atoms with Crippen LogP contribution in [-0.2, 0) is 0 Å². The van der Waals surface area contributed by atoms with Crippen LogP contribution in [0.4, 0.5) is 14.5 Å². The van der Waals surface area contributed by atoms with Crippen molar-refractivity contribution in [3.05, 3.63) is 53.6 Å². The minimum absolute atomic E-state index is 0.132. The molecule has 0 atom stereocenters. The van der Waals surface area contributed by atoms with Crippen molar-refractivity contribution in [2.75, 3.05) is 12.4 Å². The van der Waals surface area contributed by atoms with Crippen molar-refractivity contribution in [1.82, 2.24) is 0 Å². The average Bonchev–Trinajstić information content (AvgIpc) is 2.49. The Morgan fingerprint density at radius 2 is 1.86 bits per heavy atom. The zero-order chi connectivity index (χ0) is 16.1. The Labute approximate surface area is 126 Å². The molecule has 6 heteroatoms. The molecule has 0 radical (unpaired) electrons. The standard InChI is InChI=1S/C16H15F2NO3/c1-10-5-3-4-6-12(10)19-15(20)11-7-8-13(21-2)14(9-11)22-16(17)18/h3-9,16H,1-2H3,(H,19,20). The van der Waals surface area contributed by atoms with Crippen LogP contribution in [0.15, 0.2) is 42.5 Å². The maximum atomic E-state index is 12.4. The Balaban J connectivity index is 2.24. The van der Waals surface area contributed by atoms with Gasteiger partial charge in [0.1, 0.15) is 0 Å². The summed E-state index contributed by atoms with van der Waals surface area (Å²) in [5.74, 6) is -0.473. The van der Waals surface area contributed by atoms with Crippen LogP contribution >= 0.6 is 0 Å².